The Morgan fingerprint density at radius 1 is 0.903 bits per heavy atom. The molecule has 1 aliphatic rings. The van der Waals surface area contributed by atoms with Crippen LogP contribution in [0.2, 0.25) is 0 Å². The molecule has 3 rings (SSSR count). The molecule has 6 nitrogen and oxygen atoms in total. The third-order valence-electron chi connectivity index (χ3n) is 5.38. The van der Waals surface area contributed by atoms with Crippen LogP contribution in [0.1, 0.15) is 36.8 Å². The standard InChI is InChI=1S/C14H21NO3S.C8H9FO2S/c1-11-9-12(5-6-13(11)19(2,17)18)15-14(10-16)7-3-4-8-14;1-6-5-7(9)3-4-8(6)12(2,10)11/h5-6,9,15-16H,3-4,7-8,10H2,1-2H3;3-5H,1-2H3. The average Bonchev–Trinajstić information content (AvgIpc) is 3.09. The third-order valence-corrected chi connectivity index (χ3v) is 7.90. The summed E-state index contributed by atoms with van der Waals surface area (Å²) in [5.74, 6) is -0.417. The van der Waals surface area contributed by atoms with Crippen molar-refractivity contribution in [2.45, 2.75) is 54.9 Å². The van der Waals surface area contributed by atoms with E-state index in [4.69, 9.17) is 0 Å². The van der Waals surface area contributed by atoms with Gasteiger partial charge < -0.3 is 10.4 Å². The highest BCUT2D eigenvalue weighted by molar-refractivity contribution is 7.91. The van der Waals surface area contributed by atoms with Crippen molar-refractivity contribution in [3.05, 3.63) is 53.3 Å². The second kappa shape index (κ2) is 9.67. The molecule has 1 saturated carbocycles. The predicted octanol–water partition coefficient (Wildman–Crippen LogP) is 3.65. The number of anilines is 1. The summed E-state index contributed by atoms with van der Waals surface area (Å²) >= 11 is 0. The molecule has 2 aromatic rings. The second-order valence-electron chi connectivity index (χ2n) is 8.20. The van der Waals surface area contributed by atoms with Crippen molar-refractivity contribution in [3.63, 3.8) is 0 Å². The number of nitrogens with one attached hydrogen (secondary N) is 1. The van der Waals surface area contributed by atoms with Gasteiger partial charge in [0.2, 0.25) is 0 Å². The number of benzene rings is 2. The molecule has 9 heteroatoms. The molecule has 0 atom stereocenters. The summed E-state index contributed by atoms with van der Waals surface area (Å²) in [7, 11) is -6.39. The average molecular weight is 472 g/mol. The van der Waals surface area contributed by atoms with Crippen LogP contribution < -0.4 is 5.32 Å². The molecule has 0 aromatic heterocycles. The molecule has 1 fully saturated rings. The second-order valence-corrected chi connectivity index (χ2v) is 12.2. The summed E-state index contributed by atoms with van der Waals surface area (Å²) < 4.78 is 57.8. The van der Waals surface area contributed by atoms with Gasteiger partial charge >= 0.3 is 0 Å². The topological polar surface area (TPSA) is 101 Å². The molecule has 2 aromatic carbocycles. The summed E-state index contributed by atoms with van der Waals surface area (Å²) in [6.07, 6.45) is 6.47. The van der Waals surface area contributed by atoms with E-state index in [-0.39, 0.29) is 17.0 Å². The SMILES string of the molecule is Cc1cc(F)ccc1S(C)(=O)=O.Cc1cc(NC2(CO)CCCC2)ccc1S(C)(=O)=O. The lowest BCUT2D eigenvalue weighted by molar-refractivity contribution is 0.214. The lowest BCUT2D eigenvalue weighted by Crippen LogP contribution is -2.39. The lowest BCUT2D eigenvalue weighted by atomic mass is 9.98. The number of rotatable bonds is 5. The van der Waals surface area contributed by atoms with Gasteiger partial charge in [-0.3, -0.25) is 0 Å². The van der Waals surface area contributed by atoms with E-state index in [1.807, 2.05) is 6.07 Å². The van der Waals surface area contributed by atoms with Crippen LogP contribution in [0.25, 0.3) is 0 Å². The zero-order valence-electron chi connectivity index (χ0n) is 18.3. The van der Waals surface area contributed by atoms with E-state index in [1.165, 1.54) is 18.4 Å². The molecule has 0 bridgehead atoms. The largest absolute Gasteiger partial charge is 0.394 e. The molecule has 2 N–H and O–H groups in total. The molecular formula is C22H30FNO5S2. The lowest BCUT2D eigenvalue weighted by Gasteiger charge is -2.29. The first-order chi connectivity index (χ1) is 14.3. The highest BCUT2D eigenvalue weighted by atomic mass is 32.2. The predicted molar refractivity (Wildman–Crippen MR) is 120 cm³/mol. The van der Waals surface area contributed by atoms with Crippen molar-refractivity contribution in [1.29, 1.82) is 0 Å². The van der Waals surface area contributed by atoms with E-state index in [2.05, 4.69) is 5.32 Å². The number of sulfone groups is 2. The van der Waals surface area contributed by atoms with E-state index < -0.39 is 25.5 Å². The van der Waals surface area contributed by atoms with Gasteiger partial charge in [-0.05, 0) is 74.2 Å². The molecule has 0 amide bonds. The maximum atomic E-state index is 12.5. The third kappa shape index (κ3) is 6.75. The van der Waals surface area contributed by atoms with Crippen LogP contribution in [-0.2, 0) is 19.7 Å². The van der Waals surface area contributed by atoms with Crippen LogP contribution in [0.5, 0.6) is 0 Å². The number of aryl methyl sites for hydroxylation is 2. The van der Waals surface area contributed by atoms with Crippen molar-refractivity contribution in [3.8, 4) is 0 Å². The first kappa shape index (κ1) is 25.3. The monoisotopic (exact) mass is 471 g/mol. The van der Waals surface area contributed by atoms with E-state index in [0.29, 0.717) is 10.5 Å². The van der Waals surface area contributed by atoms with Crippen molar-refractivity contribution in [2.24, 2.45) is 0 Å². The Kier molecular flexibility index (Phi) is 7.89. The zero-order chi connectivity index (χ0) is 23.4. The van der Waals surface area contributed by atoms with Gasteiger partial charge in [0.15, 0.2) is 19.7 Å². The Bertz CT molecular complexity index is 1140. The Hall–Kier alpha value is -1.97. The van der Waals surface area contributed by atoms with Gasteiger partial charge in [-0.25, -0.2) is 21.2 Å². The van der Waals surface area contributed by atoms with Gasteiger partial charge in [0.25, 0.3) is 0 Å². The first-order valence-corrected chi connectivity index (χ1v) is 13.7. The molecular weight excluding hydrogens is 441 g/mol. The van der Waals surface area contributed by atoms with Crippen LogP contribution in [0.15, 0.2) is 46.2 Å². The highest BCUT2D eigenvalue weighted by Crippen LogP contribution is 2.33. The van der Waals surface area contributed by atoms with Crippen LogP contribution in [-0.4, -0.2) is 46.6 Å². The summed E-state index contributed by atoms with van der Waals surface area (Å²) in [5.41, 5.74) is 1.82. The van der Waals surface area contributed by atoms with Crippen molar-refractivity contribution in [1.82, 2.24) is 0 Å². The Morgan fingerprint density at radius 2 is 1.39 bits per heavy atom. The molecule has 0 radical (unpaired) electrons. The molecule has 1 aliphatic carbocycles. The van der Waals surface area contributed by atoms with Gasteiger partial charge in [0, 0.05) is 18.2 Å². The van der Waals surface area contributed by atoms with Gasteiger partial charge in [-0.1, -0.05) is 12.8 Å². The molecule has 31 heavy (non-hydrogen) atoms. The van der Waals surface area contributed by atoms with Crippen LogP contribution >= 0.6 is 0 Å². The van der Waals surface area contributed by atoms with Crippen molar-refractivity contribution >= 4 is 25.4 Å². The van der Waals surface area contributed by atoms with Gasteiger partial charge in [0.05, 0.1) is 21.9 Å². The Labute approximate surface area is 184 Å². The van der Waals surface area contributed by atoms with Gasteiger partial charge in [0.1, 0.15) is 5.82 Å². The minimum absolute atomic E-state index is 0.111. The van der Waals surface area contributed by atoms with E-state index >= 15 is 0 Å². The summed E-state index contributed by atoms with van der Waals surface area (Å²) in [5, 5.41) is 13.0. The van der Waals surface area contributed by atoms with Gasteiger partial charge in [-0.15, -0.1) is 0 Å². The maximum absolute atomic E-state index is 12.5. The minimum atomic E-state index is -3.22. The summed E-state index contributed by atoms with van der Waals surface area (Å²) in [6.45, 7) is 3.47. The van der Waals surface area contributed by atoms with Gasteiger partial charge in [-0.2, -0.15) is 0 Å². The number of hydrogen-bond acceptors (Lipinski definition) is 6. The smallest absolute Gasteiger partial charge is 0.175 e. The van der Waals surface area contributed by atoms with Crippen LogP contribution in [0.3, 0.4) is 0 Å². The maximum Gasteiger partial charge on any atom is 0.175 e. The number of aliphatic hydroxyl groups excluding tert-OH is 1. The fraction of sp³-hybridized carbons (Fsp3) is 0.455. The molecule has 172 valence electrons. The number of halogens is 1. The van der Waals surface area contributed by atoms with Crippen LogP contribution in [0, 0.1) is 19.7 Å². The fourth-order valence-corrected chi connectivity index (χ4v) is 5.77. The Morgan fingerprint density at radius 3 is 1.81 bits per heavy atom. The normalized spacial score (nSPS) is 15.8. The summed E-state index contributed by atoms with van der Waals surface area (Å²) in [4.78, 5) is 0.548. The van der Waals surface area contributed by atoms with E-state index in [0.717, 1.165) is 49.3 Å². The molecule has 0 aliphatic heterocycles. The Balaban J connectivity index is 0.000000245. The fourth-order valence-electron chi connectivity index (χ4n) is 3.85. The first-order valence-electron chi connectivity index (χ1n) is 9.93. The van der Waals surface area contributed by atoms with E-state index in [1.54, 1.807) is 26.0 Å². The molecule has 0 spiro atoms. The van der Waals surface area contributed by atoms with E-state index in [9.17, 15) is 26.3 Å². The molecule has 0 unspecified atom stereocenters. The van der Waals surface area contributed by atoms with Crippen molar-refractivity contribution in [2.75, 3.05) is 24.4 Å². The number of hydrogen-bond donors (Lipinski definition) is 2. The number of aliphatic hydroxyl groups is 1. The van der Waals surface area contributed by atoms with Crippen LogP contribution in [0.4, 0.5) is 10.1 Å². The van der Waals surface area contributed by atoms with Crippen molar-refractivity contribution < 1.29 is 26.3 Å². The summed E-state index contributed by atoms with van der Waals surface area (Å²) in [6, 6.07) is 8.87. The molecule has 0 heterocycles. The quantitative estimate of drug-likeness (QED) is 0.646. The highest BCUT2D eigenvalue weighted by Gasteiger charge is 2.33. The molecule has 0 saturated heterocycles. The zero-order valence-corrected chi connectivity index (χ0v) is 19.9. The minimum Gasteiger partial charge on any atom is -0.394 e.